The molecule has 1 rings (SSSR count). The van der Waals surface area contributed by atoms with Crippen LogP contribution in [0.4, 0.5) is 0 Å². The Balaban J connectivity index is 3.44. The molecule has 1 saturated heterocycles. The number of aliphatic carboxylic acids is 4. The molecule has 0 unspecified atom stereocenters. The second-order valence-corrected chi connectivity index (χ2v) is 20.7. The number of nitrogens with one attached hydrogen (secondary N) is 8. The average molecular weight is 1120 g/mol. The van der Waals surface area contributed by atoms with Gasteiger partial charge in [-0.2, -0.15) is 0 Å². The van der Waals surface area contributed by atoms with Crippen LogP contribution in [0, 0.1) is 23.7 Å². The Hall–Kier alpha value is -7.01. The Labute approximate surface area is 452 Å². The van der Waals surface area contributed by atoms with Crippen LogP contribution in [0.2, 0.25) is 0 Å². The number of carboxylic acids is 4. The molecule has 12 atom stereocenters. The van der Waals surface area contributed by atoms with Gasteiger partial charge in [0.1, 0.15) is 54.4 Å². The lowest BCUT2D eigenvalue weighted by Gasteiger charge is -2.32. The number of likely N-dealkylation sites (tertiary alicyclic amines) is 1. The number of amides is 9. The third-order valence-corrected chi connectivity index (χ3v) is 12.7. The average Bonchev–Trinajstić information content (AvgIpc) is 3.84. The standard InChI is InChI=1S/C49H82N10O19/c1-10-25(8)38(57-47(75)39(26(9)61)58-44(72)32(21-60)55-42(70)30(19-23(4)5)53-40(68)27(50)18-22(2)3)46(74)52-29(14-16-35(64)65)48(76)59-17-11-12-33(59)45(73)54-31(20-36(66)67)43(71)51-28(13-15-34(62)63)41(69)56-37(24(6)7)49(77)78/h22-33,37-39,60-61H,10-21,50H2,1-9H3,(H,51,71)(H,52,74)(H,53,68)(H,54,73)(H,55,70)(H,56,69)(H,57,75)(H,58,72)(H,62,63)(H,64,65)(H,66,67)(H,77,78)/t25-,26+,27-,28-,29-,30-,31-,32-,33-,37-,38-,39-/m0/s1. The molecule has 0 saturated carbocycles. The van der Waals surface area contributed by atoms with Gasteiger partial charge in [-0.05, 0) is 69.1 Å². The number of nitrogens with two attached hydrogens (primary N) is 1. The van der Waals surface area contributed by atoms with Crippen molar-refractivity contribution in [2.75, 3.05) is 13.2 Å². The van der Waals surface area contributed by atoms with Gasteiger partial charge < -0.3 is 83.8 Å². The number of carbonyl (C=O) groups excluding carboxylic acids is 9. The van der Waals surface area contributed by atoms with Crippen molar-refractivity contribution in [2.45, 2.75) is 193 Å². The minimum Gasteiger partial charge on any atom is -0.481 e. The van der Waals surface area contributed by atoms with Gasteiger partial charge in [0.25, 0.3) is 0 Å². The van der Waals surface area contributed by atoms with Crippen LogP contribution in [0.15, 0.2) is 0 Å². The first kappa shape index (κ1) is 69.0. The van der Waals surface area contributed by atoms with Gasteiger partial charge in [0.15, 0.2) is 0 Å². The third-order valence-electron chi connectivity index (χ3n) is 12.7. The van der Waals surface area contributed by atoms with E-state index in [1.807, 2.05) is 13.8 Å². The number of aliphatic hydroxyl groups excluding tert-OH is 2. The summed E-state index contributed by atoms with van der Waals surface area (Å²) >= 11 is 0. The zero-order chi connectivity index (χ0) is 59.9. The molecule has 1 aliphatic heterocycles. The summed E-state index contributed by atoms with van der Waals surface area (Å²) in [5.41, 5.74) is 6.01. The third kappa shape index (κ3) is 23.3. The van der Waals surface area contributed by atoms with Crippen molar-refractivity contribution in [2.24, 2.45) is 29.4 Å². The highest BCUT2D eigenvalue weighted by Crippen LogP contribution is 2.21. The Morgan fingerprint density at radius 1 is 0.538 bits per heavy atom. The SMILES string of the molecule is CC[C@H](C)[C@H](NC(=O)[C@@H](NC(=O)[C@H](CO)NC(=O)[C@H](CC(C)C)NC(=O)[C@@H](N)CC(C)C)[C@@H](C)O)C(=O)N[C@@H](CCC(=O)O)C(=O)N1CCC[C@H]1C(=O)N[C@@H](CC(=O)O)C(=O)N[C@@H](CCC(=O)O)C(=O)N[C@H](C(=O)O)C(C)C. The monoisotopic (exact) mass is 1110 g/mol. The van der Waals surface area contributed by atoms with Gasteiger partial charge >= 0.3 is 23.9 Å². The largest absolute Gasteiger partial charge is 0.481 e. The Kier molecular flexibility index (Phi) is 29.5. The Morgan fingerprint density at radius 3 is 1.49 bits per heavy atom. The molecule has 0 aromatic carbocycles. The molecular weight excluding hydrogens is 1030 g/mol. The predicted molar refractivity (Wildman–Crippen MR) is 274 cm³/mol. The van der Waals surface area contributed by atoms with Gasteiger partial charge in [-0.3, -0.25) is 57.5 Å². The maximum Gasteiger partial charge on any atom is 0.326 e. The molecule has 1 fully saturated rings. The molecule has 442 valence electrons. The minimum absolute atomic E-state index is 0.0583. The van der Waals surface area contributed by atoms with E-state index >= 15 is 0 Å². The molecule has 29 nitrogen and oxygen atoms in total. The maximum atomic E-state index is 14.3. The first-order chi connectivity index (χ1) is 36.3. The summed E-state index contributed by atoms with van der Waals surface area (Å²) in [4.78, 5) is 171. The van der Waals surface area contributed by atoms with Crippen LogP contribution < -0.4 is 48.3 Å². The molecule has 78 heavy (non-hydrogen) atoms. The van der Waals surface area contributed by atoms with E-state index in [9.17, 15) is 93.0 Å². The van der Waals surface area contributed by atoms with E-state index in [4.69, 9.17) is 5.73 Å². The molecule has 16 N–H and O–H groups in total. The molecular formula is C49H82N10O19. The van der Waals surface area contributed by atoms with Crippen molar-refractivity contribution in [1.82, 2.24) is 47.4 Å². The molecule has 0 aromatic heterocycles. The van der Waals surface area contributed by atoms with Crippen LogP contribution in [-0.4, -0.2) is 192 Å². The lowest BCUT2D eigenvalue weighted by Crippen LogP contribution is -2.63. The zero-order valence-electron chi connectivity index (χ0n) is 45.7. The number of hydrogen-bond acceptors (Lipinski definition) is 16. The molecule has 9 amide bonds. The topological polar surface area (TPSA) is 469 Å². The van der Waals surface area contributed by atoms with E-state index in [0.717, 1.165) is 11.8 Å². The summed E-state index contributed by atoms with van der Waals surface area (Å²) in [5.74, 6) is -16.7. The van der Waals surface area contributed by atoms with Crippen LogP contribution in [0.5, 0.6) is 0 Å². The smallest absolute Gasteiger partial charge is 0.326 e. The summed E-state index contributed by atoms with van der Waals surface area (Å²) in [6.07, 6.45) is -4.67. The highest BCUT2D eigenvalue weighted by Gasteiger charge is 2.42. The highest BCUT2D eigenvalue weighted by molar-refractivity contribution is 5.99. The zero-order valence-corrected chi connectivity index (χ0v) is 45.7. The predicted octanol–water partition coefficient (Wildman–Crippen LogP) is -3.36. The number of carbonyl (C=O) groups is 13. The fraction of sp³-hybridized carbons (Fsp3) is 0.735. The van der Waals surface area contributed by atoms with Crippen LogP contribution >= 0.6 is 0 Å². The summed E-state index contributed by atoms with van der Waals surface area (Å²) in [6, 6.07) is -15.6. The summed E-state index contributed by atoms with van der Waals surface area (Å²) in [7, 11) is 0. The van der Waals surface area contributed by atoms with Gasteiger partial charge in [-0.15, -0.1) is 0 Å². The van der Waals surface area contributed by atoms with Crippen LogP contribution in [0.3, 0.4) is 0 Å². The van der Waals surface area contributed by atoms with E-state index in [-0.39, 0.29) is 44.1 Å². The molecule has 29 heteroatoms. The summed E-state index contributed by atoms with van der Waals surface area (Å²) in [5, 5.41) is 77.6. The van der Waals surface area contributed by atoms with E-state index in [2.05, 4.69) is 42.5 Å². The van der Waals surface area contributed by atoms with Crippen molar-refractivity contribution in [1.29, 1.82) is 0 Å². The lowest BCUT2D eigenvalue weighted by molar-refractivity contribution is -0.145. The molecule has 0 bridgehead atoms. The minimum atomic E-state index is -1.96. The van der Waals surface area contributed by atoms with Crippen molar-refractivity contribution in [3.63, 3.8) is 0 Å². The van der Waals surface area contributed by atoms with E-state index < -0.39 is 194 Å². The second-order valence-electron chi connectivity index (χ2n) is 20.7. The first-order valence-electron chi connectivity index (χ1n) is 25.9. The maximum absolute atomic E-state index is 14.3. The fourth-order valence-electron chi connectivity index (χ4n) is 8.19. The number of aliphatic hydroxyl groups is 2. The molecule has 0 radical (unpaired) electrons. The van der Waals surface area contributed by atoms with E-state index in [1.54, 1.807) is 20.8 Å². The van der Waals surface area contributed by atoms with E-state index in [1.165, 1.54) is 20.8 Å². The van der Waals surface area contributed by atoms with Crippen molar-refractivity contribution in [3.05, 3.63) is 0 Å². The molecule has 1 heterocycles. The van der Waals surface area contributed by atoms with Crippen LogP contribution in [0.1, 0.15) is 127 Å². The Morgan fingerprint density at radius 2 is 1.00 bits per heavy atom. The molecule has 1 aliphatic rings. The first-order valence-corrected chi connectivity index (χ1v) is 25.9. The Bertz CT molecular complexity index is 2140. The van der Waals surface area contributed by atoms with Crippen molar-refractivity contribution >= 4 is 77.0 Å². The molecule has 0 aliphatic carbocycles. The molecule has 0 spiro atoms. The van der Waals surface area contributed by atoms with Gasteiger partial charge in [-0.1, -0.05) is 61.8 Å². The van der Waals surface area contributed by atoms with Gasteiger partial charge in [0, 0.05) is 19.4 Å². The van der Waals surface area contributed by atoms with E-state index in [0.29, 0.717) is 6.42 Å². The van der Waals surface area contributed by atoms with Crippen LogP contribution in [0.25, 0.3) is 0 Å². The van der Waals surface area contributed by atoms with Gasteiger partial charge in [0.05, 0.1) is 25.2 Å². The molecule has 0 aromatic rings. The number of carboxylic acid groups (broad SMARTS) is 4. The number of rotatable bonds is 35. The van der Waals surface area contributed by atoms with Crippen LogP contribution in [-0.2, 0) is 62.3 Å². The quantitative estimate of drug-likeness (QED) is 0.0295. The summed E-state index contributed by atoms with van der Waals surface area (Å²) < 4.78 is 0. The second kappa shape index (κ2) is 33.3. The van der Waals surface area contributed by atoms with Gasteiger partial charge in [0.2, 0.25) is 53.2 Å². The highest BCUT2D eigenvalue weighted by atomic mass is 16.4. The van der Waals surface area contributed by atoms with Crippen molar-refractivity contribution in [3.8, 4) is 0 Å². The summed E-state index contributed by atoms with van der Waals surface area (Å²) in [6.45, 7) is 13.3. The van der Waals surface area contributed by atoms with Crippen molar-refractivity contribution < 1.29 is 93.0 Å². The number of nitrogens with zero attached hydrogens (tertiary/aromatic N) is 1. The van der Waals surface area contributed by atoms with Gasteiger partial charge in [-0.25, -0.2) is 4.79 Å². The lowest BCUT2D eigenvalue weighted by atomic mass is 9.96. The fourth-order valence-corrected chi connectivity index (χ4v) is 8.19. The number of hydrogen-bond donors (Lipinski definition) is 15. The normalized spacial score (nSPS) is 17.5.